The van der Waals surface area contributed by atoms with Gasteiger partial charge in [0, 0.05) is 11.6 Å². The van der Waals surface area contributed by atoms with Crippen LogP contribution in [0.25, 0.3) is 5.69 Å². The minimum atomic E-state index is -3.92. The van der Waals surface area contributed by atoms with Crippen molar-refractivity contribution < 1.29 is 23.0 Å². The Balaban J connectivity index is 2.63. The molecule has 2 rings (SSSR count). The number of rotatable bonds is 3. The molecule has 6 nitrogen and oxygen atoms in total. The fourth-order valence-electron chi connectivity index (χ4n) is 1.72. The third kappa shape index (κ3) is 2.45. The average molecular weight is 321 g/mol. The maximum Gasteiger partial charge on any atom is 0.238 e. The summed E-state index contributed by atoms with van der Waals surface area (Å²) in [4.78, 5) is -0.219. The van der Waals surface area contributed by atoms with Gasteiger partial charge in [0.25, 0.3) is 0 Å². The van der Waals surface area contributed by atoms with Crippen molar-refractivity contribution in [1.29, 1.82) is 0 Å². The largest absolute Gasteiger partial charge is 0.494 e. The van der Waals surface area contributed by atoms with Crippen molar-refractivity contribution in [2.45, 2.75) is 11.6 Å². The van der Waals surface area contributed by atoms with Crippen LogP contribution in [-0.4, -0.2) is 23.2 Å². The van der Waals surface area contributed by atoms with E-state index in [2.05, 4.69) is 0 Å². The number of aromatic nitrogens is 1. The molecule has 2 aromatic rings. The van der Waals surface area contributed by atoms with Gasteiger partial charge in [-0.2, -0.15) is 0 Å². The maximum absolute atomic E-state index is 12.6. The maximum atomic E-state index is 12.6. The third-order valence-corrected chi connectivity index (χ3v) is 3.88. The standard InChI is InChI=1S/C11H10ClFN2O4S/c12-8-4-7(20(14,18)19)1-2-9(8)15-10(16)3-6(5-13)11(15)17/h1-4,16-17H,5H2,(H2,14,18,19). The molecule has 0 saturated heterocycles. The number of hydrogen-bond acceptors (Lipinski definition) is 4. The average Bonchev–Trinajstić information content (AvgIpc) is 2.63. The highest BCUT2D eigenvalue weighted by molar-refractivity contribution is 7.89. The first-order valence-electron chi connectivity index (χ1n) is 5.27. The molecule has 1 aromatic heterocycles. The van der Waals surface area contributed by atoms with Crippen LogP contribution in [0.5, 0.6) is 11.8 Å². The van der Waals surface area contributed by atoms with Crippen molar-refractivity contribution in [3.8, 4) is 17.4 Å². The van der Waals surface area contributed by atoms with Gasteiger partial charge < -0.3 is 10.2 Å². The Bertz CT molecular complexity index is 773. The van der Waals surface area contributed by atoms with E-state index >= 15 is 0 Å². The minimum absolute atomic E-state index is 0.0804. The highest BCUT2D eigenvalue weighted by atomic mass is 35.5. The molecule has 4 N–H and O–H groups in total. The lowest BCUT2D eigenvalue weighted by atomic mass is 10.3. The number of nitrogens with zero attached hydrogens (tertiary/aromatic N) is 1. The number of primary sulfonamides is 1. The van der Waals surface area contributed by atoms with Crippen molar-refractivity contribution in [2.75, 3.05) is 0 Å². The number of nitrogens with two attached hydrogens (primary N) is 1. The summed E-state index contributed by atoms with van der Waals surface area (Å²) < 4.78 is 35.9. The van der Waals surface area contributed by atoms with E-state index in [1.54, 1.807) is 0 Å². The van der Waals surface area contributed by atoms with E-state index in [-0.39, 0.29) is 21.2 Å². The number of sulfonamides is 1. The summed E-state index contributed by atoms with van der Waals surface area (Å²) >= 11 is 5.91. The lowest BCUT2D eigenvalue weighted by Crippen LogP contribution is -2.12. The number of alkyl halides is 1. The molecule has 0 atom stereocenters. The fraction of sp³-hybridized carbons (Fsp3) is 0.0909. The quantitative estimate of drug-likeness (QED) is 0.799. The van der Waals surface area contributed by atoms with E-state index in [0.717, 1.165) is 22.8 Å². The third-order valence-electron chi connectivity index (χ3n) is 2.66. The van der Waals surface area contributed by atoms with Gasteiger partial charge in [0.1, 0.15) is 6.67 Å². The molecule has 0 bridgehead atoms. The van der Waals surface area contributed by atoms with E-state index in [1.807, 2.05) is 0 Å². The SMILES string of the molecule is NS(=O)(=O)c1ccc(-n2c(O)cc(CF)c2O)c(Cl)c1. The Hall–Kier alpha value is -1.77. The van der Waals surface area contributed by atoms with Gasteiger partial charge in [-0.05, 0) is 18.2 Å². The highest BCUT2D eigenvalue weighted by Gasteiger charge is 2.18. The molecule has 0 aliphatic carbocycles. The summed E-state index contributed by atoms with van der Waals surface area (Å²) in [6, 6.07) is 4.51. The van der Waals surface area contributed by atoms with Crippen molar-refractivity contribution in [3.63, 3.8) is 0 Å². The van der Waals surface area contributed by atoms with Gasteiger partial charge in [0.2, 0.25) is 15.9 Å². The second kappa shape index (κ2) is 4.97. The second-order valence-corrected chi connectivity index (χ2v) is 5.95. The van der Waals surface area contributed by atoms with Crippen LogP contribution in [-0.2, 0) is 16.7 Å². The fourth-order valence-corrected chi connectivity index (χ4v) is 2.59. The Morgan fingerprint density at radius 3 is 2.40 bits per heavy atom. The molecule has 0 amide bonds. The highest BCUT2D eigenvalue weighted by Crippen LogP contribution is 2.35. The van der Waals surface area contributed by atoms with Crippen molar-refractivity contribution in [3.05, 3.63) is 34.9 Å². The van der Waals surface area contributed by atoms with Crippen LogP contribution < -0.4 is 5.14 Å². The molecule has 108 valence electrons. The molecule has 9 heteroatoms. The first-order chi connectivity index (χ1) is 9.25. The summed E-state index contributed by atoms with van der Waals surface area (Å²) in [6.07, 6.45) is 0. The van der Waals surface area contributed by atoms with Gasteiger partial charge in [-0.25, -0.2) is 22.5 Å². The summed E-state index contributed by atoms with van der Waals surface area (Å²) in [7, 11) is -3.92. The number of halogens is 2. The summed E-state index contributed by atoms with van der Waals surface area (Å²) in [5, 5.41) is 24.3. The van der Waals surface area contributed by atoms with Crippen molar-refractivity contribution >= 4 is 21.6 Å². The van der Waals surface area contributed by atoms with Crippen LogP contribution in [0, 0.1) is 0 Å². The molecule has 0 spiro atoms. The van der Waals surface area contributed by atoms with E-state index < -0.39 is 28.5 Å². The molecule has 1 heterocycles. The van der Waals surface area contributed by atoms with Gasteiger partial charge >= 0.3 is 0 Å². The lowest BCUT2D eigenvalue weighted by Gasteiger charge is -2.10. The smallest absolute Gasteiger partial charge is 0.238 e. The van der Waals surface area contributed by atoms with Crippen LogP contribution >= 0.6 is 11.6 Å². The van der Waals surface area contributed by atoms with E-state index in [9.17, 15) is 23.0 Å². The monoisotopic (exact) mass is 320 g/mol. The number of aromatic hydroxyl groups is 2. The summed E-state index contributed by atoms with van der Waals surface area (Å²) in [5.74, 6) is -0.948. The summed E-state index contributed by atoms with van der Waals surface area (Å²) in [6.45, 7) is -0.973. The molecule has 0 aliphatic rings. The van der Waals surface area contributed by atoms with Crippen LogP contribution in [0.15, 0.2) is 29.2 Å². The molecule has 0 unspecified atom stereocenters. The topological polar surface area (TPSA) is 106 Å². The first-order valence-corrected chi connectivity index (χ1v) is 7.19. The summed E-state index contributed by atoms with van der Waals surface area (Å²) in [5.41, 5.74) is -0.0251. The van der Waals surface area contributed by atoms with Gasteiger partial charge in [-0.1, -0.05) is 11.6 Å². The minimum Gasteiger partial charge on any atom is -0.494 e. The van der Waals surface area contributed by atoms with Crippen LogP contribution in [0.4, 0.5) is 4.39 Å². The Morgan fingerprint density at radius 2 is 1.95 bits per heavy atom. The predicted octanol–water partition coefficient (Wildman–Crippen LogP) is 1.66. The van der Waals surface area contributed by atoms with Crippen molar-refractivity contribution in [2.24, 2.45) is 5.14 Å². The molecule has 0 fully saturated rings. The lowest BCUT2D eigenvalue weighted by molar-refractivity contribution is 0.393. The Labute approximate surface area is 118 Å². The zero-order valence-electron chi connectivity index (χ0n) is 9.92. The molecular formula is C11H10ClFN2O4S. The Kier molecular flexibility index (Phi) is 3.63. The van der Waals surface area contributed by atoms with Gasteiger partial charge in [0.05, 0.1) is 15.6 Å². The number of hydrogen-bond donors (Lipinski definition) is 3. The normalized spacial score (nSPS) is 11.8. The first kappa shape index (κ1) is 14.6. The molecular weight excluding hydrogens is 311 g/mol. The zero-order chi connectivity index (χ0) is 15.1. The molecule has 20 heavy (non-hydrogen) atoms. The molecule has 0 saturated carbocycles. The molecule has 1 aromatic carbocycles. The van der Waals surface area contributed by atoms with Crippen LogP contribution in [0.2, 0.25) is 5.02 Å². The van der Waals surface area contributed by atoms with E-state index in [4.69, 9.17) is 16.7 Å². The molecule has 0 aliphatic heterocycles. The second-order valence-electron chi connectivity index (χ2n) is 3.98. The van der Waals surface area contributed by atoms with Crippen LogP contribution in [0.3, 0.4) is 0 Å². The van der Waals surface area contributed by atoms with Crippen molar-refractivity contribution in [1.82, 2.24) is 4.57 Å². The van der Waals surface area contributed by atoms with E-state index in [1.165, 1.54) is 6.07 Å². The zero-order valence-corrected chi connectivity index (χ0v) is 11.5. The Morgan fingerprint density at radius 1 is 1.30 bits per heavy atom. The van der Waals surface area contributed by atoms with Gasteiger partial charge in [0.15, 0.2) is 5.88 Å². The number of benzene rings is 1. The van der Waals surface area contributed by atoms with Gasteiger partial charge in [-0.15, -0.1) is 0 Å². The van der Waals surface area contributed by atoms with Crippen LogP contribution in [0.1, 0.15) is 5.56 Å². The van der Waals surface area contributed by atoms with E-state index in [0.29, 0.717) is 0 Å². The molecule has 0 radical (unpaired) electrons. The van der Waals surface area contributed by atoms with Gasteiger partial charge in [-0.3, -0.25) is 0 Å². The predicted molar refractivity (Wildman–Crippen MR) is 70.3 cm³/mol.